The molecule has 3 unspecified atom stereocenters. The molecule has 2 bridgehead atoms. The lowest BCUT2D eigenvalue weighted by Gasteiger charge is -2.35. The number of fused-ring (bicyclic) bond motifs is 5. The maximum atomic E-state index is 17.0. The third kappa shape index (κ3) is 4.59. The molecular weight excluding hydrogens is 601 g/mol. The van der Waals surface area contributed by atoms with Gasteiger partial charge in [-0.1, -0.05) is 35.7 Å². The zero-order valence-electron chi connectivity index (χ0n) is 24.3. The summed E-state index contributed by atoms with van der Waals surface area (Å²) in [7, 11) is 0. The Balaban J connectivity index is 1.30. The molecule has 3 saturated heterocycles. The quantitative estimate of drug-likeness (QED) is 0.168. The van der Waals surface area contributed by atoms with Gasteiger partial charge in [0.2, 0.25) is 0 Å². The summed E-state index contributed by atoms with van der Waals surface area (Å²) in [5.41, 5.74) is 6.37. The Kier molecular flexibility index (Phi) is 6.64. The van der Waals surface area contributed by atoms with Crippen LogP contribution in [-0.4, -0.2) is 71.4 Å². The highest BCUT2D eigenvalue weighted by molar-refractivity contribution is 6.35. The van der Waals surface area contributed by atoms with Crippen LogP contribution in [0, 0.1) is 24.0 Å². The van der Waals surface area contributed by atoms with E-state index in [2.05, 4.69) is 38.2 Å². The van der Waals surface area contributed by atoms with Gasteiger partial charge in [-0.3, -0.25) is 4.90 Å². The van der Waals surface area contributed by atoms with Crippen molar-refractivity contribution in [3.05, 3.63) is 64.7 Å². The van der Waals surface area contributed by atoms with Gasteiger partial charge < -0.3 is 20.7 Å². The molecular formula is C34H30ClF3N6O. The first-order valence-corrected chi connectivity index (χ1v) is 15.5. The number of rotatable bonds is 5. The largest absolute Gasteiger partial charge is 0.461 e. The van der Waals surface area contributed by atoms with Gasteiger partial charge in [-0.05, 0) is 54.6 Å². The van der Waals surface area contributed by atoms with E-state index in [9.17, 15) is 8.78 Å². The van der Waals surface area contributed by atoms with Gasteiger partial charge in [0.15, 0.2) is 5.82 Å². The third-order valence-corrected chi connectivity index (χ3v) is 10.0. The van der Waals surface area contributed by atoms with Crippen LogP contribution in [0.15, 0.2) is 42.5 Å². The first-order valence-electron chi connectivity index (χ1n) is 15.1. The van der Waals surface area contributed by atoms with Crippen molar-refractivity contribution >= 4 is 44.8 Å². The zero-order chi connectivity index (χ0) is 31.0. The second-order valence-corrected chi connectivity index (χ2v) is 12.9. The van der Waals surface area contributed by atoms with Crippen molar-refractivity contribution in [2.24, 2.45) is 0 Å². The van der Waals surface area contributed by atoms with Gasteiger partial charge in [0, 0.05) is 60.2 Å². The Morgan fingerprint density at radius 1 is 1.13 bits per heavy atom. The fraction of sp³-hybridized carbons (Fsp3) is 0.353. The van der Waals surface area contributed by atoms with Crippen LogP contribution in [0.1, 0.15) is 24.8 Å². The minimum Gasteiger partial charge on any atom is -0.461 e. The van der Waals surface area contributed by atoms with Crippen molar-refractivity contribution in [3.63, 3.8) is 0 Å². The highest BCUT2D eigenvalue weighted by Gasteiger charge is 2.49. The highest BCUT2D eigenvalue weighted by atomic mass is 35.5. The topological polar surface area (TPSA) is 79.5 Å². The number of ether oxygens (including phenoxy) is 1. The minimum atomic E-state index is -0.918. The number of piperazine rings is 1. The first-order chi connectivity index (χ1) is 21.7. The summed E-state index contributed by atoms with van der Waals surface area (Å²) >= 11 is 6.88. The van der Waals surface area contributed by atoms with Gasteiger partial charge in [0.1, 0.15) is 29.9 Å². The lowest BCUT2D eigenvalue weighted by Crippen LogP contribution is -2.52. The lowest BCUT2D eigenvalue weighted by molar-refractivity contribution is 0.107. The molecule has 0 saturated carbocycles. The molecule has 230 valence electrons. The summed E-state index contributed by atoms with van der Waals surface area (Å²) in [6, 6.07) is 7.86. The molecule has 8 rings (SSSR count). The average Bonchev–Trinajstić information content (AvgIpc) is 3.66. The molecule has 4 aromatic rings. The summed E-state index contributed by atoms with van der Waals surface area (Å²) < 4.78 is 52.6. The van der Waals surface area contributed by atoms with Gasteiger partial charge in [-0.25, -0.2) is 13.2 Å². The van der Waals surface area contributed by atoms with E-state index < -0.39 is 23.3 Å². The predicted molar refractivity (Wildman–Crippen MR) is 170 cm³/mol. The minimum absolute atomic E-state index is 0.000152. The van der Waals surface area contributed by atoms with Crippen molar-refractivity contribution in [2.45, 2.75) is 43.1 Å². The van der Waals surface area contributed by atoms with Crippen LogP contribution in [0.25, 0.3) is 32.8 Å². The smallest absolute Gasteiger partial charge is 0.319 e. The molecule has 1 aromatic heterocycles. The van der Waals surface area contributed by atoms with Crippen LogP contribution >= 0.6 is 11.6 Å². The number of halogens is 4. The maximum Gasteiger partial charge on any atom is 0.319 e. The van der Waals surface area contributed by atoms with E-state index in [1.165, 1.54) is 6.07 Å². The number of nitrogen functional groups attached to an aromatic ring is 1. The molecule has 0 aliphatic carbocycles. The Hall–Kier alpha value is -4.04. The molecule has 11 heteroatoms. The molecule has 4 aliphatic rings. The van der Waals surface area contributed by atoms with Gasteiger partial charge in [-0.15, -0.1) is 6.42 Å². The molecule has 0 radical (unpaired) electrons. The van der Waals surface area contributed by atoms with E-state index in [0.29, 0.717) is 53.7 Å². The summed E-state index contributed by atoms with van der Waals surface area (Å²) in [4.78, 5) is 13.6. The van der Waals surface area contributed by atoms with Crippen LogP contribution in [0.5, 0.6) is 6.01 Å². The van der Waals surface area contributed by atoms with Crippen LogP contribution in [-0.2, 0) is 0 Å². The number of aromatic nitrogens is 2. The number of nitrogens with zero attached hydrogens (tertiary/aromatic N) is 4. The standard InChI is InChI=1S/C34H30ClF3N6O/c1-2-23-27(37)7-4-18-10-20(39)11-24(28(18)23)29-26(35)12-25-31(30(29)38)41-33(42-32(25)43-15-21-5-6-22(16-43)40-21)45-17-34-8-3-9-44(34)14-19(36)13-34/h1,4-7,10-12,19,21-22,40H,3,8-9,13-17,39H2/t19-,21?,22?,34?/m1/s1. The molecule has 0 amide bonds. The van der Waals surface area contributed by atoms with Gasteiger partial charge in [0.25, 0.3) is 0 Å². The number of hydrogen-bond acceptors (Lipinski definition) is 7. The van der Waals surface area contributed by atoms with Crippen molar-refractivity contribution in [3.8, 4) is 29.5 Å². The summed E-state index contributed by atoms with van der Waals surface area (Å²) in [6.45, 7) is 2.60. The van der Waals surface area contributed by atoms with E-state index in [4.69, 9.17) is 33.5 Å². The fourth-order valence-corrected chi connectivity index (χ4v) is 8.06. The van der Waals surface area contributed by atoms with Gasteiger partial charge >= 0.3 is 6.01 Å². The molecule has 7 nitrogen and oxygen atoms in total. The number of alkyl halides is 1. The normalized spacial score (nSPS) is 25.8. The molecule has 3 aromatic carbocycles. The SMILES string of the molecule is C#Cc1c(F)ccc2cc(N)cc(-c3c(Cl)cc4c(N5CC6C=CC(C5)N6)nc(OCC56CCCN5C[C@H](F)C6)nc4c3F)c12. The van der Waals surface area contributed by atoms with Crippen molar-refractivity contribution in [1.82, 2.24) is 20.2 Å². The number of anilines is 2. The Bertz CT molecular complexity index is 1950. The molecule has 4 atom stereocenters. The van der Waals surface area contributed by atoms with E-state index in [1.54, 1.807) is 24.3 Å². The average molecular weight is 631 g/mol. The van der Waals surface area contributed by atoms with E-state index in [1.807, 2.05) is 0 Å². The molecule has 0 spiro atoms. The van der Waals surface area contributed by atoms with E-state index in [-0.39, 0.29) is 51.9 Å². The van der Waals surface area contributed by atoms with Crippen LogP contribution in [0.2, 0.25) is 5.02 Å². The second kappa shape index (κ2) is 10.5. The summed E-state index contributed by atoms with van der Waals surface area (Å²) in [6.07, 6.45) is 11.2. The van der Waals surface area contributed by atoms with Crippen molar-refractivity contribution < 1.29 is 17.9 Å². The fourth-order valence-electron chi connectivity index (χ4n) is 7.77. The number of benzene rings is 3. The predicted octanol–water partition coefficient (Wildman–Crippen LogP) is 5.62. The molecule has 45 heavy (non-hydrogen) atoms. The van der Waals surface area contributed by atoms with Crippen LogP contribution < -0.4 is 20.7 Å². The monoisotopic (exact) mass is 630 g/mol. The number of hydrogen-bond donors (Lipinski definition) is 2. The van der Waals surface area contributed by atoms with Crippen LogP contribution in [0.3, 0.4) is 0 Å². The highest BCUT2D eigenvalue weighted by Crippen LogP contribution is 2.44. The number of nitrogens with two attached hydrogens (primary N) is 1. The third-order valence-electron chi connectivity index (χ3n) is 9.71. The van der Waals surface area contributed by atoms with Crippen molar-refractivity contribution in [2.75, 3.05) is 43.4 Å². The summed E-state index contributed by atoms with van der Waals surface area (Å²) in [5, 5.41) is 4.87. The van der Waals surface area contributed by atoms with E-state index in [0.717, 1.165) is 19.4 Å². The van der Waals surface area contributed by atoms with E-state index >= 15 is 4.39 Å². The first kappa shape index (κ1) is 28.4. The molecule has 4 aliphatic heterocycles. The molecule has 5 heterocycles. The Morgan fingerprint density at radius 3 is 2.71 bits per heavy atom. The Morgan fingerprint density at radius 2 is 1.93 bits per heavy atom. The van der Waals surface area contributed by atoms with Crippen molar-refractivity contribution in [1.29, 1.82) is 0 Å². The Labute approximate surface area is 263 Å². The molecule has 3 fully saturated rings. The summed E-state index contributed by atoms with van der Waals surface area (Å²) in [5.74, 6) is 1.56. The lowest BCUT2D eigenvalue weighted by atomic mass is 9.92. The molecule has 3 N–H and O–H groups in total. The van der Waals surface area contributed by atoms with Gasteiger partial charge in [-0.2, -0.15) is 9.97 Å². The number of terminal acetylenes is 1. The maximum absolute atomic E-state index is 17.0. The second-order valence-electron chi connectivity index (χ2n) is 12.5. The van der Waals surface area contributed by atoms with Crippen LogP contribution in [0.4, 0.5) is 24.7 Å². The van der Waals surface area contributed by atoms with Gasteiger partial charge in [0.05, 0.1) is 16.1 Å². The number of nitrogens with one attached hydrogen (secondary N) is 1. The zero-order valence-corrected chi connectivity index (χ0v) is 25.0.